The molecular formula is C13H16O2. The van der Waals surface area contributed by atoms with Crippen molar-refractivity contribution in [3.63, 3.8) is 0 Å². The van der Waals surface area contributed by atoms with Crippen molar-refractivity contribution >= 4 is 6.29 Å². The highest BCUT2D eigenvalue weighted by atomic mass is 16.5. The molecular weight excluding hydrogens is 188 g/mol. The molecule has 0 amide bonds. The van der Waals surface area contributed by atoms with Crippen LogP contribution < -0.4 is 0 Å². The lowest BCUT2D eigenvalue weighted by atomic mass is 9.99. The number of aldehydes is 1. The summed E-state index contributed by atoms with van der Waals surface area (Å²) in [5, 5.41) is 0. The van der Waals surface area contributed by atoms with Gasteiger partial charge in [-0.15, -0.1) is 0 Å². The minimum absolute atomic E-state index is 0.111. The first-order valence-corrected chi connectivity index (χ1v) is 5.38. The lowest BCUT2D eigenvalue weighted by molar-refractivity contribution is -0.117. The Bertz CT molecular complexity index is 371. The summed E-state index contributed by atoms with van der Waals surface area (Å²) >= 11 is 0. The quantitative estimate of drug-likeness (QED) is 0.692. The molecule has 0 radical (unpaired) electrons. The van der Waals surface area contributed by atoms with E-state index in [1.165, 1.54) is 16.7 Å². The molecule has 1 aromatic carbocycles. The Morgan fingerprint density at radius 3 is 2.80 bits per heavy atom. The zero-order valence-corrected chi connectivity index (χ0v) is 9.19. The maximum atomic E-state index is 10.6. The van der Waals surface area contributed by atoms with Gasteiger partial charge in [-0.3, -0.25) is 0 Å². The van der Waals surface area contributed by atoms with Crippen molar-refractivity contribution in [1.82, 2.24) is 0 Å². The van der Waals surface area contributed by atoms with E-state index in [2.05, 4.69) is 32.0 Å². The average molecular weight is 204 g/mol. The third-order valence-corrected chi connectivity index (χ3v) is 2.99. The maximum Gasteiger partial charge on any atom is 0.148 e. The summed E-state index contributed by atoms with van der Waals surface area (Å²) in [4.78, 5) is 10.6. The number of carbonyl (C=O) groups is 1. The summed E-state index contributed by atoms with van der Waals surface area (Å²) in [6, 6.07) is 6.38. The van der Waals surface area contributed by atoms with Crippen LogP contribution in [-0.2, 0) is 9.53 Å². The first-order chi connectivity index (χ1) is 7.20. The molecule has 2 rings (SSSR count). The van der Waals surface area contributed by atoms with Gasteiger partial charge in [0.25, 0.3) is 0 Å². The highest BCUT2D eigenvalue weighted by Crippen LogP contribution is 2.33. The number of aryl methyl sites for hydroxylation is 2. The third-order valence-electron chi connectivity index (χ3n) is 2.99. The molecule has 80 valence electrons. The minimum Gasteiger partial charge on any atom is -0.363 e. The molecule has 1 aromatic rings. The predicted octanol–water partition coefficient (Wildman–Crippen LogP) is 2.72. The second-order valence-electron chi connectivity index (χ2n) is 4.24. The van der Waals surface area contributed by atoms with Crippen LogP contribution in [0.3, 0.4) is 0 Å². The van der Waals surface area contributed by atoms with E-state index < -0.39 is 0 Å². The zero-order chi connectivity index (χ0) is 10.8. The molecule has 1 saturated heterocycles. The van der Waals surface area contributed by atoms with E-state index in [0.717, 1.165) is 19.1 Å². The van der Waals surface area contributed by atoms with Gasteiger partial charge >= 0.3 is 0 Å². The van der Waals surface area contributed by atoms with E-state index in [1.54, 1.807) is 0 Å². The molecule has 2 nitrogen and oxygen atoms in total. The molecule has 2 unspecified atom stereocenters. The van der Waals surface area contributed by atoms with Gasteiger partial charge < -0.3 is 9.53 Å². The first kappa shape index (κ1) is 10.4. The monoisotopic (exact) mass is 204 g/mol. The molecule has 0 aromatic heterocycles. The van der Waals surface area contributed by atoms with Gasteiger partial charge in [-0.25, -0.2) is 0 Å². The van der Waals surface area contributed by atoms with Crippen molar-refractivity contribution in [1.29, 1.82) is 0 Å². The summed E-state index contributed by atoms with van der Waals surface area (Å²) in [6.45, 7) is 4.17. The van der Waals surface area contributed by atoms with Gasteiger partial charge in [0.2, 0.25) is 0 Å². The van der Waals surface area contributed by atoms with E-state index in [-0.39, 0.29) is 12.2 Å². The van der Waals surface area contributed by atoms with Crippen molar-refractivity contribution in [2.45, 2.75) is 38.9 Å². The van der Waals surface area contributed by atoms with Crippen LogP contribution in [0.15, 0.2) is 18.2 Å². The summed E-state index contributed by atoms with van der Waals surface area (Å²) < 4.78 is 5.66. The average Bonchev–Trinajstić information content (AvgIpc) is 2.70. The number of hydrogen-bond acceptors (Lipinski definition) is 2. The van der Waals surface area contributed by atoms with Crippen LogP contribution >= 0.6 is 0 Å². The lowest BCUT2D eigenvalue weighted by Gasteiger charge is -2.14. The number of ether oxygens (including phenoxy) is 1. The van der Waals surface area contributed by atoms with Crippen molar-refractivity contribution in [3.05, 3.63) is 34.9 Å². The van der Waals surface area contributed by atoms with E-state index in [0.29, 0.717) is 0 Å². The van der Waals surface area contributed by atoms with Gasteiger partial charge in [-0.1, -0.05) is 23.8 Å². The Kier molecular flexibility index (Phi) is 2.87. The number of carbonyl (C=O) groups excluding carboxylic acids is 1. The van der Waals surface area contributed by atoms with Gasteiger partial charge in [0, 0.05) is 0 Å². The molecule has 0 saturated carbocycles. The van der Waals surface area contributed by atoms with Gasteiger partial charge in [-0.2, -0.15) is 0 Å². The van der Waals surface area contributed by atoms with Crippen LogP contribution in [0, 0.1) is 13.8 Å². The van der Waals surface area contributed by atoms with Crippen LogP contribution in [0.25, 0.3) is 0 Å². The van der Waals surface area contributed by atoms with Gasteiger partial charge in [-0.05, 0) is 37.8 Å². The van der Waals surface area contributed by atoms with Gasteiger partial charge in [0.15, 0.2) is 0 Å². The number of benzene rings is 1. The van der Waals surface area contributed by atoms with Crippen LogP contribution in [0.5, 0.6) is 0 Å². The highest BCUT2D eigenvalue weighted by Gasteiger charge is 2.26. The molecule has 2 heteroatoms. The molecule has 1 fully saturated rings. The van der Waals surface area contributed by atoms with E-state index in [9.17, 15) is 4.79 Å². The molecule has 0 N–H and O–H groups in total. The van der Waals surface area contributed by atoms with Crippen LogP contribution in [0.2, 0.25) is 0 Å². The van der Waals surface area contributed by atoms with Crippen molar-refractivity contribution in [2.75, 3.05) is 0 Å². The van der Waals surface area contributed by atoms with Gasteiger partial charge in [0.1, 0.15) is 12.4 Å². The zero-order valence-electron chi connectivity index (χ0n) is 9.19. The lowest BCUT2D eigenvalue weighted by Crippen LogP contribution is -2.08. The molecule has 0 aliphatic carbocycles. The normalized spacial score (nSPS) is 25.5. The highest BCUT2D eigenvalue weighted by molar-refractivity contribution is 5.56. The largest absolute Gasteiger partial charge is 0.363 e. The van der Waals surface area contributed by atoms with Crippen molar-refractivity contribution < 1.29 is 9.53 Å². The van der Waals surface area contributed by atoms with Crippen LogP contribution in [0.1, 0.15) is 35.6 Å². The van der Waals surface area contributed by atoms with Crippen LogP contribution in [-0.4, -0.2) is 12.4 Å². The molecule has 0 bridgehead atoms. The Labute approximate surface area is 90.3 Å². The summed E-state index contributed by atoms with van der Waals surface area (Å²) in [5.74, 6) is 0. The van der Waals surface area contributed by atoms with Crippen molar-refractivity contribution in [2.24, 2.45) is 0 Å². The minimum atomic E-state index is -0.199. The Morgan fingerprint density at radius 2 is 2.13 bits per heavy atom. The standard InChI is InChI=1S/C13H16O2/c1-9-3-4-10(2)12(7-9)13-6-5-11(8-14)15-13/h3-4,7-8,11,13H,5-6H2,1-2H3. The van der Waals surface area contributed by atoms with Crippen LogP contribution in [0.4, 0.5) is 0 Å². The summed E-state index contributed by atoms with van der Waals surface area (Å²) in [6.07, 6.45) is 2.62. The molecule has 1 aliphatic heterocycles. The molecule has 2 atom stereocenters. The fourth-order valence-electron chi connectivity index (χ4n) is 2.10. The Morgan fingerprint density at radius 1 is 1.33 bits per heavy atom. The van der Waals surface area contributed by atoms with E-state index in [4.69, 9.17) is 4.74 Å². The van der Waals surface area contributed by atoms with Crippen molar-refractivity contribution in [3.8, 4) is 0 Å². The Hall–Kier alpha value is -1.15. The number of hydrogen-bond donors (Lipinski definition) is 0. The van der Waals surface area contributed by atoms with E-state index in [1.807, 2.05) is 0 Å². The second-order valence-corrected chi connectivity index (χ2v) is 4.24. The fourth-order valence-corrected chi connectivity index (χ4v) is 2.10. The number of rotatable bonds is 2. The maximum absolute atomic E-state index is 10.6. The Balaban J connectivity index is 2.23. The molecule has 15 heavy (non-hydrogen) atoms. The first-order valence-electron chi connectivity index (χ1n) is 5.38. The smallest absolute Gasteiger partial charge is 0.148 e. The second kappa shape index (κ2) is 4.15. The molecule has 1 aliphatic rings. The SMILES string of the molecule is Cc1ccc(C)c(C2CCC(C=O)O2)c1. The topological polar surface area (TPSA) is 26.3 Å². The molecule has 0 spiro atoms. The molecule has 1 heterocycles. The third kappa shape index (κ3) is 2.10. The van der Waals surface area contributed by atoms with Gasteiger partial charge in [0.05, 0.1) is 6.10 Å². The van der Waals surface area contributed by atoms with E-state index >= 15 is 0 Å². The predicted molar refractivity (Wildman–Crippen MR) is 58.8 cm³/mol. The summed E-state index contributed by atoms with van der Waals surface area (Å²) in [7, 11) is 0. The summed E-state index contributed by atoms with van der Waals surface area (Å²) in [5.41, 5.74) is 3.73. The fraction of sp³-hybridized carbons (Fsp3) is 0.462.